The molecule has 0 aromatic rings. The average molecular weight is 334 g/mol. The first-order valence-corrected chi connectivity index (χ1v) is 8.99. The molecule has 0 saturated carbocycles. The molecule has 0 aliphatic heterocycles. The predicted octanol–water partition coefficient (Wildman–Crippen LogP) is 4.06. The van der Waals surface area contributed by atoms with Crippen molar-refractivity contribution in [1.82, 2.24) is 0 Å². The summed E-state index contributed by atoms with van der Waals surface area (Å²) in [5.41, 5.74) is 0. The van der Waals surface area contributed by atoms with E-state index in [1.807, 2.05) is 30.4 Å². The van der Waals surface area contributed by atoms with Gasteiger partial charge in [-0.15, -0.1) is 0 Å². The van der Waals surface area contributed by atoms with E-state index in [4.69, 9.17) is 5.11 Å². The molecule has 4 nitrogen and oxygen atoms in total. The second kappa shape index (κ2) is 11.8. The van der Waals surface area contributed by atoms with Crippen molar-refractivity contribution in [3.8, 4) is 0 Å². The van der Waals surface area contributed by atoms with E-state index >= 15 is 0 Å². The van der Waals surface area contributed by atoms with Crippen molar-refractivity contribution < 1.29 is 19.8 Å². The Kier molecular flexibility index (Phi) is 10.0. The standard InChI is InChI=1S/C20H30O4/c1-2-3-6-9-17(21)14-12-16-13-15-19(22)18(16)10-7-4-5-8-11-20(23)24/h4,7,12-18,21H,2-3,5-6,8-11H2,1H3,(H,23,24)/b7-4-,14-12+/t16-,17?,18-/m0/s1. The number of carbonyl (C=O) groups is 2. The molecule has 0 saturated heterocycles. The Balaban J connectivity index is 2.38. The maximum atomic E-state index is 12.0. The molecule has 24 heavy (non-hydrogen) atoms. The van der Waals surface area contributed by atoms with E-state index in [0.29, 0.717) is 12.8 Å². The van der Waals surface area contributed by atoms with Gasteiger partial charge in [-0.1, -0.05) is 56.6 Å². The first kappa shape index (κ1) is 20.4. The van der Waals surface area contributed by atoms with Crippen LogP contribution < -0.4 is 0 Å². The van der Waals surface area contributed by atoms with Crippen molar-refractivity contribution >= 4 is 11.8 Å². The minimum atomic E-state index is -0.777. The molecular formula is C20H30O4. The molecule has 134 valence electrons. The lowest BCUT2D eigenvalue weighted by Gasteiger charge is -2.13. The van der Waals surface area contributed by atoms with E-state index in [0.717, 1.165) is 32.1 Å². The first-order chi connectivity index (χ1) is 11.5. The van der Waals surface area contributed by atoms with E-state index in [-0.39, 0.29) is 24.0 Å². The van der Waals surface area contributed by atoms with Crippen LogP contribution in [0.1, 0.15) is 58.3 Å². The summed E-state index contributed by atoms with van der Waals surface area (Å²) in [6.45, 7) is 2.14. The van der Waals surface area contributed by atoms with E-state index in [1.165, 1.54) is 0 Å². The summed E-state index contributed by atoms with van der Waals surface area (Å²) in [5.74, 6) is -0.705. The third-order valence-corrected chi connectivity index (χ3v) is 4.29. The number of hydrogen-bond acceptors (Lipinski definition) is 3. The molecule has 4 heteroatoms. The summed E-state index contributed by atoms with van der Waals surface area (Å²) >= 11 is 0. The zero-order chi connectivity index (χ0) is 17.8. The molecule has 0 amide bonds. The number of rotatable bonds is 12. The molecule has 2 N–H and O–H groups in total. The average Bonchev–Trinajstić information content (AvgIpc) is 2.89. The molecule has 0 radical (unpaired) electrons. The van der Waals surface area contributed by atoms with Gasteiger partial charge in [0.25, 0.3) is 0 Å². The molecule has 0 aromatic carbocycles. The largest absolute Gasteiger partial charge is 0.481 e. The summed E-state index contributed by atoms with van der Waals surface area (Å²) in [5, 5.41) is 18.5. The molecule has 0 spiro atoms. The van der Waals surface area contributed by atoms with E-state index < -0.39 is 12.1 Å². The second-order valence-corrected chi connectivity index (χ2v) is 6.39. The van der Waals surface area contributed by atoms with Crippen LogP contribution in [0.3, 0.4) is 0 Å². The van der Waals surface area contributed by atoms with Crippen LogP contribution in [-0.2, 0) is 9.59 Å². The fourth-order valence-corrected chi connectivity index (χ4v) is 2.81. The van der Waals surface area contributed by atoms with Crippen molar-refractivity contribution in [2.24, 2.45) is 11.8 Å². The Morgan fingerprint density at radius 1 is 1.29 bits per heavy atom. The number of aliphatic hydroxyl groups is 1. The van der Waals surface area contributed by atoms with Crippen molar-refractivity contribution in [2.75, 3.05) is 0 Å². The van der Waals surface area contributed by atoms with Gasteiger partial charge in [-0.25, -0.2) is 0 Å². The molecule has 0 heterocycles. The lowest BCUT2D eigenvalue weighted by Crippen LogP contribution is -2.14. The molecule has 1 rings (SSSR count). The Morgan fingerprint density at radius 2 is 2.08 bits per heavy atom. The zero-order valence-electron chi connectivity index (χ0n) is 14.6. The number of unbranched alkanes of at least 4 members (excludes halogenated alkanes) is 3. The first-order valence-electron chi connectivity index (χ1n) is 8.99. The highest BCUT2D eigenvalue weighted by molar-refractivity contribution is 5.95. The molecule has 0 fully saturated rings. The summed E-state index contributed by atoms with van der Waals surface area (Å²) < 4.78 is 0. The molecular weight excluding hydrogens is 304 g/mol. The quantitative estimate of drug-likeness (QED) is 0.417. The monoisotopic (exact) mass is 334 g/mol. The van der Waals surface area contributed by atoms with Gasteiger partial charge < -0.3 is 10.2 Å². The Hall–Kier alpha value is -1.68. The summed E-state index contributed by atoms with van der Waals surface area (Å²) in [6, 6.07) is 0. The number of carboxylic acids is 1. The normalized spacial score (nSPS) is 22.0. The predicted molar refractivity (Wildman–Crippen MR) is 95.7 cm³/mol. The number of ketones is 1. The SMILES string of the molecule is CCCCCC(O)/C=C/[C@H]1C=CC(=O)[C@H]1C/C=C\CCCC(=O)O. The van der Waals surface area contributed by atoms with Crippen LogP contribution >= 0.6 is 0 Å². The van der Waals surface area contributed by atoms with Crippen LogP contribution in [0.15, 0.2) is 36.5 Å². The van der Waals surface area contributed by atoms with Crippen LogP contribution in [-0.4, -0.2) is 28.1 Å². The molecule has 1 unspecified atom stereocenters. The lowest BCUT2D eigenvalue weighted by atomic mass is 9.90. The minimum Gasteiger partial charge on any atom is -0.481 e. The number of aliphatic hydroxyl groups excluding tert-OH is 1. The number of aliphatic carboxylic acids is 1. The summed E-state index contributed by atoms with van der Waals surface area (Å²) in [7, 11) is 0. The van der Waals surface area contributed by atoms with Gasteiger partial charge in [0.2, 0.25) is 0 Å². The third-order valence-electron chi connectivity index (χ3n) is 4.29. The number of carboxylic acid groups (broad SMARTS) is 1. The number of hydrogen-bond donors (Lipinski definition) is 2. The number of allylic oxidation sites excluding steroid dienone is 5. The highest BCUT2D eigenvalue weighted by Gasteiger charge is 2.27. The molecule has 1 aliphatic rings. The fraction of sp³-hybridized carbons (Fsp3) is 0.600. The maximum Gasteiger partial charge on any atom is 0.303 e. The van der Waals surface area contributed by atoms with Gasteiger partial charge in [0.05, 0.1) is 6.10 Å². The van der Waals surface area contributed by atoms with Crippen molar-refractivity contribution in [1.29, 1.82) is 0 Å². The highest BCUT2D eigenvalue weighted by atomic mass is 16.4. The van der Waals surface area contributed by atoms with Crippen molar-refractivity contribution in [2.45, 2.75) is 64.4 Å². The van der Waals surface area contributed by atoms with Gasteiger partial charge >= 0.3 is 5.97 Å². The van der Waals surface area contributed by atoms with Gasteiger partial charge in [-0.05, 0) is 31.8 Å². The molecule has 1 aliphatic carbocycles. The summed E-state index contributed by atoms with van der Waals surface area (Å²) in [4.78, 5) is 22.4. The Labute approximate surface area is 145 Å². The Morgan fingerprint density at radius 3 is 2.79 bits per heavy atom. The van der Waals surface area contributed by atoms with Gasteiger partial charge in [-0.3, -0.25) is 9.59 Å². The maximum absolute atomic E-state index is 12.0. The van der Waals surface area contributed by atoms with E-state index in [2.05, 4.69) is 6.92 Å². The topological polar surface area (TPSA) is 74.6 Å². The molecule has 0 aromatic heterocycles. The van der Waals surface area contributed by atoms with Crippen molar-refractivity contribution in [3.05, 3.63) is 36.5 Å². The summed E-state index contributed by atoms with van der Waals surface area (Å²) in [6.07, 6.45) is 17.0. The fourth-order valence-electron chi connectivity index (χ4n) is 2.81. The van der Waals surface area contributed by atoms with Gasteiger partial charge in [-0.2, -0.15) is 0 Å². The van der Waals surface area contributed by atoms with E-state index in [1.54, 1.807) is 6.08 Å². The lowest BCUT2D eigenvalue weighted by molar-refractivity contribution is -0.137. The number of carbonyl (C=O) groups excluding carboxylic acids is 1. The minimum absolute atomic E-state index is 0.0435. The molecule has 0 bridgehead atoms. The van der Waals surface area contributed by atoms with Gasteiger partial charge in [0, 0.05) is 18.3 Å². The van der Waals surface area contributed by atoms with Crippen LogP contribution in [0.4, 0.5) is 0 Å². The van der Waals surface area contributed by atoms with E-state index in [9.17, 15) is 14.7 Å². The second-order valence-electron chi connectivity index (χ2n) is 6.39. The van der Waals surface area contributed by atoms with Gasteiger partial charge in [0.15, 0.2) is 5.78 Å². The zero-order valence-corrected chi connectivity index (χ0v) is 14.6. The van der Waals surface area contributed by atoms with Crippen molar-refractivity contribution in [3.63, 3.8) is 0 Å². The van der Waals surface area contributed by atoms with Crippen LogP contribution in [0.25, 0.3) is 0 Å². The smallest absolute Gasteiger partial charge is 0.303 e. The van der Waals surface area contributed by atoms with Gasteiger partial charge in [0.1, 0.15) is 0 Å². The van der Waals surface area contributed by atoms with Crippen LogP contribution in [0.2, 0.25) is 0 Å². The molecule has 3 atom stereocenters. The highest BCUT2D eigenvalue weighted by Crippen LogP contribution is 2.27. The third kappa shape index (κ3) is 8.25. The van der Waals surface area contributed by atoms with Crippen LogP contribution in [0.5, 0.6) is 0 Å². The Bertz CT molecular complexity index is 476. The van der Waals surface area contributed by atoms with Crippen LogP contribution in [0, 0.1) is 11.8 Å².